The van der Waals surface area contributed by atoms with Crippen molar-refractivity contribution in [3.05, 3.63) is 36.8 Å². The predicted octanol–water partition coefficient (Wildman–Crippen LogP) is 4.09. The summed E-state index contributed by atoms with van der Waals surface area (Å²) in [7, 11) is 1.78. The molecule has 174 valence electrons. The van der Waals surface area contributed by atoms with Gasteiger partial charge < -0.3 is 15.1 Å². The van der Waals surface area contributed by atoms with Crippen LogP contribution in [0.1, 0.15) is 44.5 Å². The number of nitrogens with one attached hydrogen (secondary N) is 1. The van der Waals surface area contributed by atoms with Crippen molar-refractivity contribution in [1.29, 1.82) is 0 Å². The predicted molar refractivity (Wildman–Crippen MR) is 116 cm³/mol. The number of nitrogens with zero attached hydrogens (tertiary/aromatic N) is 4. The van der Waals surface area contributed by atoms with Crippen molar-refractivity contribution in [3.63, 3.8) is 0 Å². The molecule has 7 nitrogen and oxygen atoms in total. The minimum Gasteiger partial charge on any atom is -0.356 e. The highest BCUT2D eigenvalue weighted by molar-refractivity contribution is 5.86. The molecule has 0 aliphatic carbocycles. The Bertz CT molecular complexity index is 747. The summed E-state index contributed by atoms with van der Waals surface area (Å²) >= 11 is 0. The summed E-state index contributed by atoms with van der Waals surface area (Å²) in [6.07, 6.45) is -1.03. The minimum atomic E-state index is -4.63. The maximum atomic E-state index is 12.4. The number of anilines is 2. The molecule has 2 heterocycles. The Morgan fingerprint density at radius 2 is 1.87 bits per heavy atom. The fourth-order valence-corrected chi connectivity index (χ4v) is 2.97. The first-order chi connectivity index (χ1) is 14.6. The topological polar surface area (TPSA) is 70.6 Å². The summed E-state index contributed by atoms with van der Waals surface area (Å²) < 4.78 is 41.4. The van der Waals surface area contributed by atoms with Crippen molar-refractivity contribution in [1.82, 2.24) is 15.3 Å². The number of ether oxygens (including phenoxy) is 1. The third-order valence-electron chi connectivity index (χ3n) is 4.40. The smallest absolute Gasteiger partial charge is 0.356 e. The van der Waals surface area contributed by atoms with Crippen LogP contribution in [0.5, 0.6) is 0 Å². The summed E-state index contributed by atoms with van der Waals surface area (Å²) in [4.78, 5) is 24.1. The molecule has 31 heavy (non-hydrogen) atoms. The second-order valence-corrected chi connectivity index (χ2v) is 7.08. The molecule has 0 spiro atoms. The molecule has 1 N–H and O–H groups in total. The number of rotatable bonds is 7. The number of aromatic nitrogens is 2. The Morgan fingerprint density at radius 3 is 2.35 bits per heavy atom. The Labute approximate surface area is 182 Å². The number of amides is 1. The molecule has 1 fully saturated rings. The summed E-state index contributed by atoms with van der Waals surface area (Å²) in [5.41, 5.74) is 0.774. The first-order valence-corrected chi connectivity index (χ1v) is 10.2. The highest BCUT2D eigenvalue weighted by atomic mass is 19.4. The van der Waals surface area contributed by atoms with Gasteiger partial charge in [-0.1, -0.05) is 33.4 Å². The molecular formula is C21H32F3N5O2. The van der Waals surface area contributed by atoms with E-state index in [1.807, 2.05) is 11.8 Å². The van der Waals surface area contributed by atoms with E-state index in [1.165, 1.54) is 6.42 Å². The Balaban J connectivity index is 0.00000151. The quantitative estimate of drug-likeness (QED) is 0.640. The molecular weight excluding hydrogens is 411 g/mol. The molecule has 0 radical (unpaired) electrons. The monoisotopic (exact) mass is 443 g/mol. The van der Waals surface area contributed by atoms with Crippen LogP contribution in [0.25, 0.3) is 0 Å². The fraction of sp³-hybridized carbons (Fsp3) is 0.571. The zero-order valence-corrected chi connectivity index (χ0v) is 18.6. The van der Waals surface area contributed by atoms with E-state index in [0.29, 0.717) is 30.5 Å². The van der Waals surface area contributed by atoms with E-state index in [1.54, 1.807) is 18.1 Å². The number of halogens is 3. The van der Waals surface area contributed by atoms with E-state index in [9.17, 15) is 18.0 Å². The summed E-state index contributed by atoms with van der Waals surface area (Å²) in [6.45, 7) is 14.1. The first kappa shape index (κ1) is 26.4. The number of carbonyl (C=O) groups is 1. The summed E-state index contributed by atoms with van der Waals surface area (Å²) in [6, 6.07) is 0. The number of piperidine rings is 1. The van der Waals surface area contributed by atoms with Gasteiger partial charge in [0, 0.05) is 25.7 Å². The molecule has 10 heteroatoms. The van der Waals surface area contributed by atoms with Crippen LogP contribution < -0.4 is 15.1 Å². The van der Waals surface area contributed by atoms with Crippen LogP contribution in [0.4, 0.5) is 24.8 Å². The third-order valence-corrected chi connectivity index (χ3v) is 4.40. The van der Waals surface area contributed by atoms with Crippen LogP contribution in [-0.4, -0.2) is 48.5 Å². The third kappa shape index (κ3) is 8.56. The van der Waals surface area contributed by atoms with Crippen LogP contribution in [0.2, 0.25) is 0 Å². The maximum absolute atomic E-state index is 12.4. The molecule has 0 unspecified atom stereocenters. The molecule has 0 atom stereocenters. The van der Waals surface area contributed by atoms with Crippen molar-refractivity contribution >= 4 is 17.5 Å². The summed E-state index contributed by atoms with van der Waals surface area (Å²) in [5, 5.41) is 2.63. The van der Waals surface area contributed by atoms with Gasteiger partial charge in [0.15, 0.2) is 5.82 Å². The highest BCUT2D eigenvalue weighted by Gasteiger charge is 2.35. The minimum absolute atomic E-state index is 0.101. The number of alkyl halides is 3. The normalized spacial score (nSPS) is 14.4. The average Bonchev–Trinajstić information content (AvgIpc) is 2.72. The lowest BCUT2D eigenvalue weighted by molar-refractivity contribution is -0.344. The lowest BCUT2D eigenvalue weighted by Crippen LogP contribution is -2.40. The van der Waals surface area contributed by atoms with E-state index in [0.717, 1.165) is 11.6 Å². The van der Waals surface area contributed by atoms with E-state index in [-0.39, 0.29) is 25.3 Å². The zero-order valence-electron chi connectivity index (χ0n) is 18.6. The molecule has 1 aromatic heterocycles. The highest BCUT2D eigenvalue weighted by Crippen LogP contribution is 2.30. The molecule has 1 amide bonds. The van der Waals surface area contributed by atoms with E-state index in [2.05, 4.69) is 47.0 Å². The van der Waals surface area contributed by atoms with Crippen molar-refractivity contribution < 1.29 is 22.7 Å². The molecule has 0 saturated carbocycles. The van der Waals surface area contributed by atoms with Gasteiger partial charge in [-0.3, -0.25) is 9.53 Å². The second kappa shape index (κ2) is 12.3. The molecule has 1 aliphatic rings. The Hall–Kier alpha value is -2.62. The van der Waals surface area contributed by atoms with Gasteiger partial charge in [0.25, 0.3) is 0 Å². The molecule has 1 saturated heterocycles. The van der Waals surface area contributed by atoms with E-state index >= 15 is 0 Å². The van der Waals surface area contributed by atoms with Gasteiger partial charge >= 0.3 is 6.36 Å². The molecule has 0 bridgehead atoms. The van der Waals surface area contributed by atoms with Crippen molar-refractivity contribution in [3.8, 4) is 0 Å². The number of hydrogen-bond acceptors (Lipinski definition) is 6. The van der Waals surface area contributed by atoms with E-state index in [4.69, 9.17) is 0 Å². The largest absolute Gasteiger partial charge is 0.522 e. The van der Waals surface area contributed by atoms with Crippen molar-refractivity contribution in [2.45, 2.75) is 59.0 Å². The zero-order chi connectivity index (χ0) is 23.6. The molecule has 2 rings (SSSR count). The Morgan fingerprint density at radius 1 is 1.29 bits per heavy atom. The average molecular weight is 444 g/mol. The van der Waals surface area contributed by atoms with Gasteiger partial charge in [-0.05, 0) is 32.0 Å². The van der Waals surface area contributed by atoms with Gasteiger partial charge in [0.1, 0.15) is 11.6 Å². The lowest BCUT2D eigenvalue weighted by Gasteiger charge is -2.34. The fourth-order valence-electron chi connectivity index (χ4n) is 2.97. The molecule has 1 aliphatic heterocycles. The van der Waals surface area contributed by atoms with Gasteiger partial charge in [0.2, 0.25) is 5.91 Å². The summed E-state index contributed by atoms with van der Waals surface area (Å²) in [5.74, 6) is 1.26. The van der Waals surface area contributed by atoms with Gasteiger partial charge in [0.05, 0.1) is 12.6 Å². The molecule has 0 aromatic carbocycles. The Kier molecular flexibility index (Phi) is 10.5. The van der Waals surface area contributed by atoms with Crippen molar-refractivity contribution in [2.75, 3.05) is 29.9 Å². The van der Waals surface area contributed by atoms with Crippen LogP contribution in [0.15, 0.2) is 25.4 Å². The van der Waals surface area contributed by atoms with Crippen LogP contribution in [0, 0.1) is 6.92 Å². The number of carbonyl (C=O) groups excluding carboxylic acids is 1. The molecule has 1 aromatic rings. The van der Waals surface area contributed by atoms with Crippen LogP contribution in [-0.2, 0) is 16.1 Å². The van der Waals surface area contributed by atoms with Gasteiger partial charge in [-0.15, -0.1) is 13.2 Å². The van der Waals surface area contributed by atoms with Crippen molar-refractivity contribution in [2.24, 2.45) is 0 Å². The lowest BCUT2D eigenvalue weighted by atomic mass is 10.1. The van der Waals surface area contributed by atoms with E-state index < -0.39 is 12.5 Å². The first-order valence-electron chi connectivity index (χ1n) is 10.2. The van der Waals surface area contributed by atoms with Gasteiger partial charge in [-0.2, -0.15) is 0 Å². The van der Waals surface area contributed by atoms with Crippen LogP contribution >= 0.6 is 0 Å². The standard InChI is InChI=1S/C18H24F3N5O2.C3H8/c1-5-15(27)22-11-14-23-16(25(4)6-2)12(3)17(24-14)26-9-7-13(8-10-26)28-18(19,20)21;1-3-2/h5-6,13H,1-2,7-11H2,3-4H3,(H,22,27);3H2,1-2H3. The number of hydrogen-bond donors (Lipinski definition) is 1. The van der Waals surface area contributed by atoms with Gasteiger partial charge in [-0.25, -0.2) is 9.97 Å². The maximum Gasteiger partial charge on any atom is 0.522 e. The SMILES string of the molecule is C=CC(=O)NCc1nc(N(C)C=C)c(C)c(N2CCC(OC(F)(F)F)CC2)n1.CCC. The second-order valence-electron chi connectivity index (χ2n) is 7.08. The van der Waals surface area contributed by atoms with Crippen LogP contribution in [0.3, 0.4) is 0 Å².